The summed E-state index contributed by atoms with van der Waals surface area (Å²) in [6, 6.07) is 3.33. The number of carboxylic acids is 1. The summed E-state index contributed by atoms with van der Waals surface area (Å²) in [5, 5.41) is 8.63. The summed E-state index contributed by atoms with van der Waals surface area (Å²) >= 11 is 0. The van der Waals surface area contributed by atoms with Crippen molar-refractivity contribution in [2.45, 2.75) is 6.42 Å². The number of carbonyl (C=O) groups excluding carboxylic acids is 2. The van der Waals surface area contributed by atoms with E-state index >= 15 is 0 Å². The molecule has 0 atom stereocenters. The van der Waals surface area contributed by atoms with Crippen LogP contribution in [0.3, 0.4) is 0 Å². The van der Waals surface area contributed by atoms with Crippen molar-refractivity contribution in [3.8, 4) is 0 Å². The van der Waals surface area contributed by atoms with E-state index < -0.39 is 17.7 Å². The topological polar surface area (TPSA) is 74.7 Å². The van der Waals surface area contributed by atoms with Crippen LogP contribution in [0.15, 0.2) is 18.2 Å². The molecule has 0 unspecified atom stereocenters. The zero-order valence-corrected chi connectivity index (χ0v) is 8.64. The molecule has 1 heterocycles. The van der Waals surface area contributed by atoms with Gasteiger partial charge in [-0.3, -0.25) is 9.59 Å². The highest BCUT2D eigenvalue weighted by Gasteiger charge is 2.30. The van der Waals surface area contributed by atoms with E-state index in [-0.39, 0.29) is 30.0 Å². The lowest BCUT2D eigenvalue weighted by Gasteiger charge is -2.27. The van der Waals surface area contributed by atoms with Gasteiger partial charge in [-0.25, -0.2) is 9.18 Å². The average Bonchev–Trinajstić information content (AvgIpc) is 2.29. The van der Waals surface area contributed by atoms with Crippen LogP contribution < -0.4 is 4.90 Å². The monoisotopic (exact) mass is 237 g/mol. The van der Waals surface area contributed by atoms with Gasteiger partial charge in [-0.05, 0) is 18.2 Å². The van der Waals surface area contributed by atoms with Crippen molar-refractivity contribution in [1.29, 1.82) is 0 Å². The maximum atomic E-state index is 13.0. The van der Waals surface area contributed by atoms with E-state index in [1.54, 1.807) is 0 Å². The highest BCUT2D eigenvalue weighted by molar-refractivity contribution is 6.38. The summed E-state index contributed by atoms with van der Waals surface area (Å²) in [5.74, 6) is -3.62. The third-order valence-electron chi connectivity index (χ3n) is 2.54. The van der Waals surface area contributed by atoms with Crippen LogP contribution in [0.1, 0.15) is 16.8 Å². The SMILES string of the molecule is O=C(O)C(=O)N1CCC(=O)c2cc(F)ccc21. The van der Waals surface area contributed by atoms with Crippen LogP contribution in [0.4, 0.5) is 10.1 Å². The molecule has 0 spiro atoms. The molecule has 88 valence electrons. The smallest absolute Gasteiger partial charge is 0.394 e. The van der Waals surface area contributed by atoms with E-state index in [0.717, 1.165) is 17.0 Å². The predicted molar refractivity (Wildman–Crippen MR) is 55.3 cm³/mol. The van der Waals surface area contributed by atoms with Crippen molar-refractivity contribution in [3.05, 3.63) is 29.6 Å². The Morgan fingerprint density at radius 3 is 2.71 bits per heavy atom. The third kappa shape index (κ3) is 1.89. The molecule has 1 aromatic rings. The number of ketones is 1. The van der Waals surface area contributed by atoms with Gasteiger partial charge in [0, 0.05) is 18.5 Å². The Morgan fingerprint density at radius 2 is 2.06 bits per heavy atom. The van der Waals surface area contributed by atoms with E-state index in [1.807, 2.05) is 0 Å². The lowest BCUT2D eigenvalue weighted by atomic mass is 10.00. The van der Waals surface area contributed by atoms with E-state index in [4.69, 9.17) is 5.11 Å². The van der Waals surface area contributed by atoms with E-state index in [2.05, 4.69) is 0 Å². The fourth-order valence-corrected chi connectivity index (χ4v) is 1.76. The van der Waals surface area contributed by atoms with Crippen molar-refractivity contribution in [2.24, 2.45) is 0 Å². The number of nitrogens with zero attached hydrogens (tertiary/aromatic N) is 1. The zero-order valence-electron chi connectivity index (χ0n) is 8.64. The molecule has 6 heteroatoms. The highest BCUT2D eigenvalue weighted by Crippen LogP contribution is 2.27. The summed E-state index contributed by atoms with van der Waals surface area (Å²) in [6.07, 6.45) is -0.00449. The summed E-state index contributed by atoms with van der Waals surface area (Å²) in [4.78, 5) is 34.5. The quantitative estimate of drug-likeness (QED) is 0.678. The van der Waals surface area contributed by atoms with Gasteiger partial charge in [-0.15, -0.1) is 0 Å². The van der Waals surface area contributed by atoms with Crippen LogP contribution in [0.25, 0.3) is 0 Å². The van der Waals surface area contributed by atoms with Gasteiger partial charge in [0.05, 0.1) is 5.69 Å². The molecule has 1 aromatic carbocycles. The summed E-state index contributed by atoms with van der Waals surface area (Å²) in [6.45, 7) is 0.00258. The first kappa shape index (κ1) is 11.3. The Bertz CT molecular complexity index is 526. The number of carboxylic acid groups (broad SMARTS) is 1. The number of rotatable bonds is 0. The van der Waals surface area contributed by atoms with Gasteiger partial charge in [-0.2, -0.15) is 0 Å². The minimum atomic E-state index is -1.60. The zero-order chi connectivity index (χ0) is 12.6. The number of anilines is 1. The van der Waals surface area contributed by atoms with E-state index in [1.165, 1.54) is 6.07 Å². The first-order valence-electron chi connectivity index (χ1n) is 4.88. The Morgan fingerprint density at radius 1 is 1.35 bits per heavy atom. The molecule has 5 nitrogen and oxygen atoms in total. The van der Waals surface area contributed by atoms with Crippen LogP contribution in [-0.2, 0) is 9.59 Å². The van der Waals surface area contributed by atoms with Crippen molar-refractivity contribution >= 4 is 23.3 Å². The van der Waals surface area contributed by atoms with Gasteiger partial charge in [0.2, 0.25) is 0 Å². The molecule has 0 fully saturated rings. The second-order valence-electron chi connectivity index (χ2n) is 3.60. The standard InChI is InChI=1S/C11H8FNO4/c12-6-1-2-8-7(5-6)9(14)3-4-13(8)10(15)11(16)17/h1-2,5H,3-4H2,(H,16,17). The summed E-state index contributed by atoms with van der Waals surface area (Å²) in [5.41, 5.74) is 0.195. The van der Waals surface area contributed by atoms with Crippen LogP contribution >= 0.6 is 0 Å². The van der Waals surface area contributed by atoms with Crippen molar-refractivity contribution in [3.63, 3.8) is 0 Å². The fraction of sp³-hybridized carbons (Fsp3) is 0.182. The number of Topliss-reactive ketones (excluding diaryl/α,β-unsaturated/α-hetero) is 1. The Kier molecular flexibility index (Phi) is 2.63. The minimum absolute atomic E-state index is 0.00258. The number of carbonyl (C=O) groups is 3. The lowest BCUT2D eigenvalue weighted by molar-refractivity contribution is -0.148. The number of halogens is 1. The van der Waals surface area contributed by atoms with Crippen molar-refractivity contribution in [1.82, 2.24) is 0 Å². The Hall–Kier alpha value is -2.24. The van der Waals surface area contributed by atoms with Crippen LogP contribution in [0.2, 0.25) is 0 Å². The predicted octanol–water partition coefficient (Wildman–Crippen LogP) is 0.830. The number of aliphatic carboxylic acids is 1. The molecule has 0 bridgehead atoms. The van der Waals surface area contributed by atoms with Crippen LogP contribution in [0.5, 0.6) is 0 Å². The molecule has 1 amide bonds. The second kappa shape index (κ2) is 3.97. The highest BCUT2D eigenvalue weighted by atomic mass is 19.1. The fourth-order valence-electron chi connectivity index (χ4n) is 1.76. The molecule has 0 radical (unpaired) electrons. The average molecular weight is 237 g/mol. The maximum Gasteiger partial charge on any atom is 0.394 e. The van der Waals surface area contributed by atoms with Gasteiger partial charge in [0.1, 0.15) is 5.82 Å². The van der Waals surface area contributed by atoms with Crippen LogP contribution in [-0.4, -0.2) is 29.3 Å². The van der Waals surface area contributed by atoms with Crippen molar-refractivity contribution < 1.29 is 23.9 Å². The van der Waals surface area contributed by atoms with Gasteiger partial charge in [0.15, 0.2) is 5.78 Å². The first-order valence-corrected chi connectivity index (χ1v) is 4.88. The molecule has 1 aliphatic rings. The number of fused-ring (bicyclic) bond motifs is 1. The van der Waals surface area contributed by atoms with E-state index in [0.29, 0.717) is 0 Å². The molecular weight excluding hydrogens is 229 g/mol. The molecule has 0 saturated heterocycles. The lowest BCUT2D eigenvalue weighted by Crippen LogP contribution is -2.41. The van der Waals surface area contributed by atoms with E-state index in [9.17, 15) is 18.8 Å². The van der Waals surface area contributed by atoms with Crippen molar-refractivity contribution in [2.75, 3.05) is 11.4 Å². The molecule has 17 heavy (non-hydrogen) atoms. The molecule has 0 aromatic heterocycles. The van der Waals surface area contributed by atoms with Gasteiger partial charge >= 0.3 is 11.9 Å². The normalized spacial score (nSPS) is 14.4. The number of hydrogen-bond acceptors (Lipinski definition) is 3. The van der Waals surface area contributed by atoms with Crippen LogP contribution in [0, 0.1) is 5.82 Å². The summed E-state index contributed by atoms with van der Waals surface area (Å²) in [7, 11) is 0. The Balaban J connectivity index is 2.50. The molecular formula is C11H8FNO4. The molecule has 0 aliphatic carbocycles. The molecule has 1 aliphatic heterocycles. The number of benzene rings is 1. The summed E-state index contributed by atoms with van der Waals surface area (Å²) < 4.78 is 13.0. The third-order valence-corrected chi connectivity index (χ3v) is 2.54. The second-order valence-corrected chi connectivity index (χ2v) is 3.60. The minimum Gasteiger partial charge on any atom is -0.474 e. The number of hydrogen-bond donors (Lipinski definition) is 1. The Labute approximate surface area is 95.5 Å². The maximum absolute atomic E-state index is 13.0. The molecule has 2 rings (SSSR count). The first-order chi connectivity index (χ1) is 8.00. The largest absolute Gasteiger partial charge is 0.474 e. The molecule has 0 saturated carbocycles. The van der Waals surface area contributed by atoms with Gasteiger partial charge in [0.25, 0.3) is 0 Å². The van der Waals surface area contributed by atoms with Gasteiger partial charge in [-0.1, -0.05) is 0 Å². The van der Waals surface area contributed by atoms with Gasteiger partial charge < -0.3 is 10.0 Å². The number of amides is 1. The molecule has 1 N–H and O–H groups in total.